The Hall–Kier alpha value is -0.570. The monoisotopic (exact) mass is 184 g/mol. The Balaban J connectivity index is 2.01. The van der Waals surface area contributed by atoms with Gasteiger partial charge in [-0.05, 0) is 18.8 Å². The smallest absolute Gasteiger partial charge is 0.236 e. The first kappa shape index (κ1) is 10.5. The Morgan fingerprint density at radius 1 is 1.62 bits per heavy atom. The maximum absolute atomic E-state index is 11.3. The van der Waals surface area contributed by atoms with Crippen molar-refractivity contribution in [3.05, 3.63) is 0 Å². The van der Waals surface area contributed by atoms with Crippen LogP contribution < -0.4 is 11.1 Å². The van der Waals surface area contributed by atoms with Crippen molar-refractivity contribution in [1.82, 2.24) is 5.32 Å². The van der Waals surface area contributed by atoms with E-state index >= 15 is 0 Å². The van der Waals surface area contributed by atoms with Crippen LogP contribution in [-0.2, 0) is 4.79 Å². The molecule has 0 aromatic carbocycles. The van der Waals surface area contributed by atoms with E-state index in [2.05, 4.69) is 5.32 Å². The average molecular weight is 184 g/mol. The van der Waals surface area contributed by atoms with Gasteiger partial charge in [-0.3, -0.25) is 4.79 Å². The summed E-state index contributed by atoms with van der Waals surface area (Å²) in [4.78, 5) is 11.3. The topological polar surface area (TPSA) is 55.1 Å². The molecule has 0 aliphatic heterocycles. The molecule has 0 aromatic heterocycles. The predicted molar refractivity (Wildman–Crippen MR) is 53.2 cm³/mol. The molecule has 1 amide bonds. The van der Waals surface area contributed by atoms with E-state index in [-0.39, 0.29) is 11.9 Å². The Labute approximate surface area is 80.1 Å². The summed E-state index contributed by atoms with van der Waals surface area (Å²) in [6.07, 6.45) is 5.57. The number of hydrogen-bond donors (Lipinski definition) is 2. The minimum absolute atomic E-state index is 0.0162. The SMILES string of the molecule is CCC[C@H](N)C(=O)NCCC1CC1. The van der Waals surface area contributed by atoms with Gasteiger partial charge in [0.2, 0.25) is 5.91 Å². The van der Waals surface area contributed by atoms with Gasteiger partial charge < -0.3 is 11.1 Å². The predicted octanol–water partition coefficient (Wildman–Crippen LogP) is 1.03. The van der Waals surface area contributed by atoms with E-state index in [1.54, 1.807) is 0 Å². The minimum atomic E-state index is -0.302. The van der Waals surface area contributed by atoms with Gasteiger partial charge in [0.05, 0.1) is 6.04 Å². The number of nitrogens with one attached hydrogen (secondary N) is 1. The molecule has 1 aliphatic rings. The van der Waals surface area contributed by atoms with Gasteiger partial charge in [-0.25, -0.2) is 0 Å². The zero-order chi connectivity index (χ0) is 9.68. The average Bonchev–Trinajstić information content (AvgIpc) is 2.88. The Morgan fingerprint density at radius 2 is 2.31 bits per heavy atom. The molecule has 1 aliphatic carbocycles. The molecule has 0 radical (unpaired) electrons. The normalized spacial score (nSPS) is 18.3. The second kappa shape index (κ2) is 5.22. The molecule has 76 valence electrons. The number of rotatable bonds is 6. The van der Waals surface area contributed by atoms with Crippen LogP contribution in [0.15, 0.2) is 0 Å². The van der Waals surface area contributed by atoms with Crippen LogP contribution in [0, 0.1) is 5.92 Å². The zero-order valence-corrected chi connectivity index (χ0v) is 8.38. The lowest BCUT2D eigenvalue weighted by Crippen LogP contribution is -2.40. The van der Waals surface area contributed by atoms with E-state index in [1.807, 2.05) is 6.92 Å². The lowest BCUT2D eigenvalue weighted by atomic mass is 10.1. The number of carbonyl (C=O) groups excluding carboxylic acids is 1. The van der Waals surface area contributed by atoms with Crippen molar-refractivity contribution < 1.29 is 4.79 Å². The summed E-state index contributed by atoms with van der Waals surface area (Å²) in [6, 6.07) is -0.302. The van der Waals surface area contributed by atoms with Crippen molar-refractivity contribution in [2.24, 2.45) is 11.7 Å². The summed E-state index contributed by atoms with van der Waals surface area (Å²) in [7, 11) is 0. The minimum Gasteiger partial charge on any atom is -0.355 e. The highest BCUT2D eigenvalue weighted by Gasteiger charge is 2.21. The van der Waals surface area contributed by atoms with Gasteiger partial charge in [-0.15, -0.1) is 0 Å². The Bertz CT molecular complexity index is 166. The van der Waals surface area contributed by atoms with Crippen molar-refractivity contribution in [2.45, 2.75) is 45.1 Å². The van der Waals surface area contributed by atoms with Gasteiger partial charge in [0.25, 0.3) is 0 Å². The van der Waals surface area contributed by atoms with Crippen molar-refractivity contribution in [3.63, 3.8) is 0 Å². The van der Waals surface area contributed by atoms with E-state index in [1.165, 1.54) is 12.8 Å². The van der Waals surface area contributed by atoms with Gasteiger partial charge in [0, 0.05) is 6.54 Å². The zero-order valence-electron chi connectivity index (χ0n) is 8.38. The molecule has 0 saturated heterocycles. The third kappa shape index (κ3) is 4.27. The molecule has 1 atom stereocenters. The quantitative estimate of drug-likeness (QED) is 0.648. The van der Waals surface area contributed by atoms with Gasteiger partial charge in [-0.1, -0.05) is 26.2 Å². The second-order valence-electron chi connectivity index (χ2n) is 3.92. The second-order valence-corrected chi connectivity index (χ2v) is 3.92. The third-order valence-corrected chi connectivity index (χ3v) is 2.49. The van der Waals surface area contributed by atoms with Crippen LogP contribution in [0.2, 0.25) is 0 Å². The van der Waals surface area contributed by atoms with Crippen molar-refractivity contribution in [3.8, 4) is 0 Å². The van der Waals surface area contributed by atoms with Crippen molar-refractivity contribution in [1.29, 1.82) is 0 Å². The number of carbonyl (C=O) groups is 1. The standard InChI is InChI=1S/C10H20N2O/c1-2-3-9(11)10(13)12-7-6-8-4-5-8/h8-9H,2-7,11H2,1H3,(H,12,13)/t9-/m0/s1. The fourth-order valence-electron chi connectivity index (χ4n) is 1.38. The molecule has 13 heavy (non-hydrogen) atoms. The molecular formula is C10H20N2O. The molecule has 3 nitrogen and oxygen atoms in total. The molecule has 0 heterocycles. The van der Waals surface area contributed by atoms with Gasteiger partial charge in [0.15, 0.2) is 0 Å². The number of nitrogens with two attached hydrogens (primary N) is 1. The molecule has 0 aromatic rings. The summed E-state index contributed by atoms with van der Waals surface area (Å²) >= 11 is 0. The summed E-state index contributed by atoms with van der Waals surface area (Å²) in [6.45, 7) is 2.85. The highest BCUT2D eigenvalue weighted by atomic mass is 16.2. The van der Waals surface area contributed by atoms with E-state index < -0.39 is 0 Å². The summed E-state index contributed by atoms with van der Waals surface area (Å²) in [5.41, 5.74) is 5.65. The van der Waals surface area contributed by atoms with E-state index in [4.69, 9.17) is 5.73 Å². The molecule has 1 saturated carbocycles. The van der Waals surface area contributed by atoms with Gasteiger partial charge >= 0.3 is 0 Å². The van der Waals surface area contributed by atoms with Crippen LogP contribution in [0.1, 0.15) is 39.0 Å². The molecule has 3 heteroatoms. The van der Waals surface area contributed by atoms with Crippen LogP contribution in [0.25, 0.3) is 0 Å². The molecule has 0 bridgehead atoms. The first-order valence-corrected chi connectivity index (χ1v) is 5.27. The molecular weight excluding hydrogens is 164 g/mol. The molecule has 1 rings (SSSR count). The number of amides is 1. The van der Waals surface area contributed by atoms with E-state index in [9.17, 15) is 4.79 Å². The van der Waals surface area contributed by atoms with Crippen molar-refractivity contribution in [2.75, 3.05) is 6.54 Å². The highest BCUT2D eigenvalue weighted by molar-refractivity contribution is 5.81. The van der Waals surface area contributed by atoms with Crippen LogP contribution >= 0.6 is 0 Å². The van der Waals surface area contributed by atoms with E-state index in [0.29, 0.717) is 0 Å². The highest BCUT2D eigenvalue weighted by Crippen LogP contribution is 2.31. The van der Waals surface area contributed by atoms with Crippen LogP contribution in [-0.4, -0.2) is 18.5 Å². The molecule has 0 unspecified atom stereocenters. The van der Waals surface area contributed by atoms with Gasteiger partial charge in [-0.2, -0.15) is 0 Å². The van der Waals surface area contributed by atoms with E-state index in [0.717, 1.165) is 31.7 Å². The first-order chi connectivity index (χ1) is 6.24. The third-order valence-electron chi connectivity index (χ3n) is 2.49. The maximum atomic E-state index is 11.3. The summed E-state index contributed by atoms with van der Waals surface area (Å²) < 4.78 is 0. The lowest BCUT2D eigenvalue weighted by molar-refractivity contribution is -0.122. The van der Waals surface area contributed by atoms with Crippen LogP contribution in [0.4, 0.5) is 0 Å². The Morgan fingerprint density at radius 3 is 2.85 bits per heavy atom. The summed E-state index contributed by atoms with van der Waals surface area (Å²) in [5, 5.41) is 2.87. The molecule has 0 spiro atoms. The largest absolute Gasteiger partial charge is 0.355 e. The van der Waals surface area contributed by atoms with Gasteiger partial charge in [0.1, 0.15) is 0 Å². The molecule has 1 fully saturated rings. The number of hydrogen-bond acceptors (Lipinski definition) is 2. The maximum Gasteiger partial charge on any atom is 0.236 e. The van der Waals surface area contributed by atoms with Crippen LogP contribution in [0.3, 0.4) is 0 Å². The molecule has 3 N–H and O–H groups in total. The lowest BCUT2D eigenvalue weighted by Gasteiger charge is -2.10. The summed E-state index contributed by atoms with van der Waals surface area (Å²) in [5.74, 6) is 0.894. The van der Waals surface area contributed by atoms with Crippen molar-refractivity contribution >= 4 is 5.91 Å². The first-order valence-electron chi connectivity index (χ1n) is 5.27. The fraction of sp³-hybridized carbons (Fsp3) is 0.900. The fourth-order valence-corrected chi connectivity index (χ4v) is 1.38. The Kier molecular flexibility index (Phi) is 4.22. The van der Waals surface area contributed by atoms with Crippen LogP contribution in [0.5, 0.6) is 0 Å².